The third-order valence-electron chi connectivity index (χ3n) is 9.77. The van der Waals surface area contributed by atoms with Gasteiger partial charge < -0.3 is 29.5 Å². The predicted octanol–water partition coefficient (Wildman–Crippen LogP) is 3.67. The van der Waals surface area contributed by atoms with E-state index in [4.69, 9.17) is 14.2 Å². The lowest BCUT2D eigenvalue weighted by molar-refractivity contribution is -0.149. The third kappa shape index (κ3) is 12.3. The van der Waals surface area contributed by atoms with Crippen molar-refractivity contribution in [3.8, 4) is 0 Å². The van der Waals surface area contributed by atoms with Crippen LogP contribution in [-0.4, -0.2) is 125 Å². The molecule has 2 aliphatic heterocycles. The SMILES string of the molecule is COC(=O)[C@@H](C)C[C@H](Cc1nc(C(F)(F)F)cs1)NC(O)c1csc([C@@H](C[C@H](C(C)C)N(C)C(=O)[C@@H](NC(=O)[C@H]2COCCN2C)C2CSC2)OC(C)=O)n1. The molecule has 1 unspecified atom stereocenters. The number of aliphatic hydroxyl groups is 1. The molecule has 3 N–H and O–H groups in total. The minimum Gasteiger partial charge on any atom is -0.469 e. The monoisotopic (exact) mass is 836 g/mol. The summed E-state index contributed by atoms with van der Waals surface area (Å²) >= 11 is 3.66. The Kier molecular flexibility index (Phi) is 16.3. The molecule has 0 spiro atoms. The van der Waals surface area contributed by atoms with Gasteiger partial charge in [-0.25, -0.2) is 9.97 Å². The number of carbonyl (C=O) groups is 4. The summed E-state index contributed by atoms with van der Waals surface area (Å²) in [7, 11) is 4.76. The molecule has 2 aromatic rings. The summed E-state index contributed by atoms with van der Waals surface area (Å²) in [6.07, 6.45) is -6.67. The average molecular weight is 837 g/mol. The molecular weight excluding hydrogens is 786 g/mol. The highest BCUT2D eigenvalue weighted by Gasteiger charge is 2.41. The van der Waals surface area contributed by atoms with Crippen LogP contribution in [-0.2, 0) is 46.0 Å². The largest absolute Gasteiger partial charge is 0.469 e. The number of rotatable bonds is 18. The van der Waals surface area contributed by atoms with Gasteiger partial charge in [0.05, 0.1) is 36.9 Å². The Balaban J connectivity index is 1.51. The van der Waals surface area contributed by atoms with E-state index in [9.17, 15) is 37.5 Å². The molecular formula is C35H51F3N6O8S3. The van der Waals surface area contributed by atoms with Crippen LogP contribution in [0.5, 0.6) is 0 Å². The maximum atomic E-state index is 14.2. The molecule has 2 amide bonds. The van der Waals surface area contributed by atoms with E-state index in [1.807, 2.05) is 25.8 Å². The van der Waals surface area contributed by atoms with Gasteiger partial charge in [0.2, 0.25) is 11.8 Å². The van der Waals surface area contributed by atoms with Crippen LogP contribution >= 0.6 is 34.4 Å². The second kappa shape index (κ2) is 20.0. The van der Waals surface area contributed by atoms with Gasteiger partial charge in [0.25, 0.3) is 0 Å². The minimum absolute atomic E-state index is 0.0191. The molecule has 0 aromatic carbocycles. The summed E-state index contributed by atoms with van der Waals surface area (Å²) in [6, 6.07) is -2.43. The highest BCUT2D eigenvalue weighted by atomic mass is 32.2. The number of morpholine rings is 1. The Hall–Kier alpha value is -2.88. The Morgan fingerprint density at radius 3 is 2.40 bits per heavy atom. The number of aromatic nitrogens is 2. The summed E-state index contributed by atoms with van der Waals surface area (Å²) in [6.45, 7) is 8.12. The first kappa shape index (κ1) is 44.8. The van der Waals surface area contributed by atoms with E-state index in [1.54, 1.807) is 36.0 Å². The number of halogens is 3. The second-order valence-electron chi connectivity index (χ2n) is 14.3. The molecule has 4 rings (SSSR count). The zero-order chi connectivity index (χ0) is 40.6. The van der Waals surface area contributed by atoms with Crippen LogP contribution in [0, 0.1) is 17.8 Å². The molecule has 4 heterocycles. The van der Waals surface area contributed by atoms with Crippen molar-refractivity contribution in [2.75, 3.05) is 52.5 Å². The van der Waals surface area contributed by atoms with Gasteiger partial charge in [-0.3, -0.25) is 29.4 Å². The van der Waals surface area contributed by atoms with Crippen LogP contribution in [0.15, 0.2) is 10.8 Å². The van der Waals surface area contributed by atoms with Gasteiger partial charge in [0, 0.05) is 62.1 Å². The van der Waals surface area contributed by atoms with Crippen molar-refractivity contribution in [2.45, 2.75) is 89.6 Å². The van der Waals surface area contributed by atoms with Gasteiger partial charge >= 0.3 is 18.1 Å². The number of likely N-dealkylation sites (N-methyl/N-ethyl adjacent to an activating group) is 2. The van der Waals surface area contributed by atoms with Crippen molar-refractivity contribution in [1.29, 1.82) is 0 Å². The van der Waals surface area contributed by atoms with E-state index in [1.165, 1.54) is 14.0 Å². The molecule has 0 saturated carbocycles. The lowest BCUT2D eigenvalue weighted by Gasteiger charge is -2.40. The number of aliphatic hydroxyl groups excluding tert-OH is 1. The Labute approximate surface area is 331 Å². The fourth-order valence-corrected chi connectivity index (χ4v) is 9.13. The highest BCUT2D eigenvalue weighted by Crippen LogP contribution is 2.34. The first-order valence-electron chi connectivity index (χ1n) is 18.0. The van der Waals surface area contributed by atoms with Crippen LogP contribution in [0.3, 0.4) is 0 Å². The van der Waals surface area contributed by atoms with E-state index >= 15 is 0 Å². The lowest BCUT2D eigenvalue weighted by atomic mass is 9.94. The zero-order valence-electron chi connectivity index (χ0n) is 32.0. The Morgan fingerprint density at radius 2 is 1.84 bits per heavy atom. The number of thiazole rings is 2. The predicted molar refractivity (Wildman–Crippen MR) is 201 cm³/mol. The number of hydrogen-bond donors (Lipinski definition) is 3. The number of amides is 2. The van der Waals surface area contributed by atoms with Gasteiger partial charge in [-0.05, 0) is 30.9 Å². The van der Waals surface area contributed by atoms with E-state index < -0.39 is 66.2 Å². The first-order chi connectivity index (χ1) is 25.9. The van der Waals surface area contributed by atoms with Gasteiger partial charge in [-0.1, -0.05) is 20.8 Å². The van der Waals surface area contributed by atoms with Gasteiger partial charge in [-0.15, -0.1) is 22.7 Å². The number of nitrogens with zero attached hydrogens (tertiary/aromatic N) is 4. The van der Waals surface area contributed by atoms with Crippen LogP contribution in [0.2, 0.25) is 0 Å². The summed E-state index contributed by atoms with van der Waals surface area (Å²) in [5, 5.41) is 20.2. The van der Waals surface area contributed by atoms with Crippen molar-refractivity contribution in [1.82, 2.24) is 30.4 Å². The molecule has 2 saturated heterocycles. The fourth-order valence-electron chi connectivity index (χ4n) is 6.48. The average Bonchev–Trinajstić information content (AvgIpc) is 3.79. The second-order valence-corrected chi connectivity index (χ2v) is 17.2. The summed E-state index contributed by atoms with van der Waals surface area (Å²) in [4.78, 5) is 63.9. The topological polar surface area (TPSA) is 173 Å². The molecule has 20 heteroatoms. The van der Waals surface area contributed by atoms with Crippen LogP contribution in [0.4, 0.5) is 13.2 Å². The van der Waals surface area contributed by atoms with E-state index in [0.717, 1.165) is 39.6 Å². The molecule has 0 bridgehead atoms. The molecule has 55 heavy (non-hydrogen) atoms. The fraction of sp³-hybridized carbons (Fsp3) is 0.714. The Morgan fingerprint density at radius 1 is 1.13 bits per heavy atom. The van der Waals surface area contributed by atoms with Crippen molar-refractivity contribution in [3.63, 3.8) is 0 Å². The summed E-state index contributed by atoms with van der Waals surface area (Å²) in [5.74, 6) is -0.983. The number of hydrogen-bond acceptors (Lipinski definition) is 15. The highest BCUT2D eigenvalue weighted by molar-refractivity contribution is 8.00. The van der Waals surface area contributed by atoms with Crippen molar-refractivity contribution < 1.29 is 51.7 Å². The molecule has 7 atom stereocenters. The molecule has 308 valence electrons. The molecule has 2 fully saturated rings. The van der Waals surface area contributed by atoms with Crippen molar-refractivity contribution in [3.05, 3.63) is 32.2 Å². The number of ether oxygens (including phenoxy) is 3. The van der Waals surface area contributed by atoms with E-state index in [2.05, 4.69) is 20.6 Å². The maximum absolute atomic E-state index is 14.2. The van der Waals surface area contributed by atoms with E-state index in [-0.39, 0.29) is 60.2 Å². The number of carbonyl (C=O) groups excluding carboxylic acids is 4. The van der Waals surface area contributed by atoms with Crippen molar-refractivity contribution in [2.24, 2.45) is 17.8 Å². The number of nitrogens with one attached hydrogen (secondary N) is 2. The molecule has 2 aromatic heterocycles. The van der Waals surface area contributed by atoms with Crippen LogP contribution < -0.4 is 10.6 Å². The maximum Gasteiger partial charge on any atom is 0.434 e. The van der Waals surface area contributed by atoms with Gasteiger partial charge in [0.1, 0.15) is 23.3 Å². The number of methoxy groups -OCH3 is 1. The van der Waals surface area contributed by atoms with Gasteiger partial charge in [-0.2, -0.15) is 24.9 Å². The summed E-state index contributed by atoms with van der Waals surface area (Å²) < 4.78 is 55.8. The standard InChI is InChI=1S/C35H51F3N6O8S3/c1-18(2)24(44(6)33(48)29(21-14-53-15-21)42-31(47)25-13-51-9-8-43(25)5)12-26(52-20(4)45)32-40-23(16-55-32)30(46)39-22(10-19(3)34(49)50-7)11-28-41-27(17-54-28)35(36,37)38/h16-19,21-22,24-26,29-30,39,46H,8-15H2,1-7H3,(H,42,47)/t19-,22+,24+,25+,26+,29-,30?/m0/s1. The first-order valence-corrected chi connectivity index (χ1v) is 20.9. The smallest absolute Gasteiger partial charge is 0.434 e. The summed E-state index contributed by atoms with van der Waals surface area (Å²) in [5.41, 5.74) is -0.861. The van der Waals surface area contributed by atoms with Crippen molar-refractivity contribution >= 4 is 58.2 Å². The number of esters is 2. The van der Waals surface area contributed by atoms with Crippen LogP contribution in [0.1, 0.15) is 74.3 Å². The van der Waals surface area contributed by atoms with Crippen LogP contribution in [0.25, 0.3) is 0 Å². The van der Waals surface area contributed by atoms with E-state index in [0.29, 0.717) is 18.2 Å². The van der Waals surface area contributed by atoms with Gasteiger partial charge in [0.15, 0.2) is 11.8 Å². The zero-order valence-corrected chi connectivity index (χ0v) is 34.4. The normalized spacial score (nSPS) is 20.1. The molecule has 0 aliphatic carbocycles. The number of alkyl halides is 3. The minimum atomic E-state index is -4.61. The third-order valence-corrected chi connectivity index (χ3v) is 12.9. The molecule has 2 aliphatic rings. The lowest BCUT2D eigenvalue weighted by Crippen LogP contribution is -2.61. The molecule has 14 nitrogen and oxygen atoms in total. The molecule has 0 radical (unpaired) electrons. The number of thioether (sulfide) groups is 1. The quantitative estimate of drug-likeness (QED) is 0.147. The Bertz CT molecular complexity index is 1610.